The first-order valence-electron chi connectivity index (χ1n) is 9.14. The Kier molecular flexibility index (Phi) is 4.90. The highest BCUT2D eigenvalue weighted by molar-refractivity contribution is 7.86. The van der Waals surface area contributed by atoms with Crippen molar-refractivity contribution in [3.8, 4) is 0 Å². The van der Waals surface area contributed by atoms with Crippen LogP contribution in [-0.4, -0.2) is 41.9 Å². The van der Waals surface area contributed by atoms with E-state index in [2.05, 4.69) is 6.58 Å². The SMILES string of the molecule is C=C(C)C(=O)OC12CC3CC(C1)CC(C(=O)OC(C)C(F)(F)S(=O)(=O)O)(C3)C2. The molecule has 0 radical (unpaired) electrons. The van der Waals surface area contributed by atoms with E-state index in [0.717, 1.165) is 13.3 Å². The first kappa shape index (κ1) is 21.2. The van der Waals surface area contributed by atoms with Crippen molar-refractivity contribution < 1.29 is 40.8 Å². The minimum absolute atomic E-state index is 0.0871. The standard InChI is InChI=1S/C18H24F2O7S/c1-10(2)14(21)27-17-7-12-4-13(8-17)6-16(5-12,9-17)15(22)26-11(3)18(19,20)28(23,24)25/h11-13H,1,4-9H2,2-3H3,(H,23,24,25). The van der Waals surface area contributed by atoms with Crippen molar-refractivity contribution >= 4 is 22.1 Å². The van der Waals surface area contributed by atoms with Gasteiger partial charge >= 0.3 is 27.3 Å². The van der Waals surface area contributed by atoms with Crippen molar-refractivity contribution in [2.45, 2.75) is 69.3 Å². The zero-order valence-corrected chi connectivity index (χ0v) is 16.6. The largest absolute Gasteiger partial charge is 0.456 e. The summed E-state index contributed by atoms with van der Waals surface area (Å²) in [6.07, 6.45) is 0.671. The number of alkyl halides is 2. The highest BCUT2D eigenvalue weighted by atomic mass is 32.2. The number of ether oxygens (including phenoxy) is 2. The van der Waals surface area contributed by atoms with Crippen molar-refractivity contribution in [2.24, 2.45) is 17.3 Å². The summed E-state index contributed by atoms with van der Waals surface area (Å²) in [5.41, 5.74) is -1.74. The molecule has 0 aromatic rings. The van der Waals surface area contributed by atoms with Crippen molar-refractivity contribution in [2.75, 3.05) is 0 Å². The lowest BCUT2D eigenvalue weighted by molar-refractivity contribution is -0.216. The molecule has 28 heavy (non-hydrogen) atoms. The minimum Gasteiger partial charge on any atom is -0.456 e. The van der Waals surface area contributed by atoms with Gasteiger partial charge in [0.25, 0.3) is 0 Å². The van der Waals surface area contributed by atoms with E-state index in [0.29, 0.717) is 25.7 Å². The fraction of sp³-hybridized carbons (Fsp3) is 0.778. The zero-order valence-electron chi connectivity index (χ0n) is 15.7. The minimum atomic E-state index is -5.73. The van der Waals surface area contributed by atoms with Gasteiger partial charge < -0.3 is 9.47 Å². The molecular formula is C18H24F2O7S. The van der Waals surface area contributed by atoms with E-state index in [4.69, 9.17) is 14.0 Å². The average Bonchev–Trinajstić information content (AvgIpc) is 2.51. The number of carbonyl (C=O) groups is 2. The molecule has 0 saturated heterocycles. The molecule has 0 aliphatic heterocycles. The van der Waals surface area contributed by atoms with E-state index >= 15 is 0 Å². The lowest BCUT2D eigenvalue weighted by atomic mass is 9.48. The molecule has 3 atom stereocenters. The molecule has 4 bridgehead atoms. The van der Waals surface area contributed by atoms with Crippen molar-refractivity contribution in [3.63, 3.8) is 0 Å². The molecule has 0 amide bonds. The van der Waals surface area contributed by atoms with Crippen LogP contribution in [0, 0.1) is 17.3 Å². The molecule has 4 rings (SSSR count). The lowest BCUT2D eigenvalue weighted by Crippen LogP contribution is -2.60. The maximum atomic E-state index is 13.8. The van der Waals surface area contributed by atoms with Crippen LogP contribution >= 0.6 is 0 Å². The second-order valence-electron chi connectivity index (χ2n) is 8.68. The quantitative estimate of drug-likeness (QED) is 0.398. The zero-order chi connectivity index (χ0) is 21.1. The third-order valence-corrected chi connectivity index (χ3v) is 7.22. The molecule has 4 aliphatic carbocycles. The van der Waals surface area contributed by atoms with E-state index in [9.17, 15) is 26.8 Å². The average molecular weight is 422 g/mol. The van der Waals surface area contributed by atoms with Gasteiger partial charge in [-0.25, -0.2) is 4.79 Å². The summed E-state index contributed by atoms with van der Waals surface area (Å²) in [4.78, 5) is 24.9. The van der Waals surface area contributed by atoms with Gasteiger partial charge in [-0.2, -0.15) is 17.2 Å². The Labute approximate surface area is 162 Å². The molecule has 1 N–H and O–H groups in total. The number of hydrogen-bond acceptors (Lipinski definition) is 6. The molecule has 158 valence electrons. The smallest absolute Gasteiger partial charge is 0.405 e. The van der Waals surface area contributed by atoms with Crippen LogP contribution in [0.15, 0.2) is 12.2 Å². The Bertz CT molecular complexity index is 806. The lowest BCUT2D eigenvalue weighted by Gasteiger charge is -2.59. The number of rotatable bonds is 6. The Morgan fingerprint density at radius 2 is 1.75 bits per heavy atom. The number of esters is 2. The van der Waals surface area contributed by atoms with E-state index in [1.54, 1.807) is 0 Å². The van der Waals surface area contributed by atoms with Gasteiger partial charge in [0.05, 0.1) is 5.41 Å². The molecule has 10 heteroatoms. The maximum absolute atomic E-state index is 13.8. The normalized spacial score (nSPS) is 35.3. The summed E-state index contributed by atoms with van der Waals surface area (Å²) in [5.74, 6) is -1.32. The van der Waals surface area contributed by atoms with Crippen LogP contribution in [0.1, 0.15) is 52.4 Å². The Morgan fingerprint density at radius 3 is 2.21 bits per heavy atom. The predicted octanol–water partition coefficient (Wildman–Crippen LogP) is 2.86. The molecule has 0 heterocycles. The van der Waals surface area contributed by atoms with Crippen molar-refractivity contribution in [1.82, 2.24) is 0 Å². The van der Waals surface area contributed by atoms with Gasteiger partial charge in [-0.05, 0) is 57.8 Å². The number of carbonyl (C=O) groups excluding carboxylic acids is 2. The summed E-state index contributed by atoms with van der Waals surface area (Å²) >= 11 is 0. The van der Waals surface area contributed by atoms with Crippen LogP contribution in [0.4, 0.5) is 8.78 Å². The number of halogens is 2. The summed E-state index contributed by atoms with van der Waals surface area (Å²) in [5, 5.41) is -4.62. The highest BCUT2D eigenvalue weighted by Crippen LogP contribution is 2.63. The molecule has 0 aromatic heterocycles. The van der Waals surface area contributed by atoms with Crippen LogP contribution in [0.25, 0.3) is 0 Å². The van der Waals surface area contributed by atoms with E-state index in [1.165, 1.54) is 6.92 Å². The van der Waals surface area contributed by atoms with Crippen LogP contribution < -0.4 is 0 Å². The van der Waals surface area contributed by atoms with Gasteiger partial charge in [0.15, 0.2) is 6.10 Å². The molecular weight excluding hydrogens is 398 g/mol. The van der Waals surface area contributed by atoms with Crippen LogP contribution in [-0.2, 0) is 29.2 Å². The molecule has 4 saturated carbocycles. The Morgan fingerprint density at radius 1 is 1.21 bits per heavy atom. The second kappa shape index (κ2) is 6.48. The summed E-state index contributed by atoms with van der Waals surface area (Å²) in [6, 6.07) is 0. The van der Waals surface area contributed by atoms with Gasteiger partial charge in [-0.3, -0.25) is 9.35 Å². The fourth-order valence-corrected chi connectivity index (χ4v) is 5.85. The third kappa shape index (κ3) is 3.45. The highest BCUT2D eigenvalue weighted by Gasteiger charge is 2.64. The van der Waals surface area contributed by atoms with Crippen LogP contribution in [0.5, 0.6) is 0 Å². The van der Waals surface area contributed by atoms with E-state index in [1.807, 2.05) is 0 Å². The van der Waals surface area contributed by atoms with Crippen molar-refractivity contribution in [1.29, 1.82) is 0 Å². The monoisotopic (exact) mass is 422 g/mol. The van der Waals surface area contributed by atoms with E-state index < -0.39 is 44.4 Å². The van der Waals surface area contributed by atoms with Crippen molar-refractivity contribution in [3.05, 3.63) is 12.2 Å². The van der Waals surface area contributed by atoms with E-state index in [-0.39, 0.29) is 23.8 Å². The first-order valence-corrected chi connectivity index (χ1v) is 10.6. The molecule has 0 aromatic carbocycles. The number of hydrogen-bond donors (Lipinski definition) is 1. The predicted molar refractivity (Wildman–Crippen MR) is 92.8 cm³/mol. The summed E-state index contributed by atoms with van der Waals surface area (Å²) < 4.78 is 68.7. The Hall–Kier alpha value is -1.55. The molecule has 4 aliphatic rings. The van der Waals surface area contributed by atoms with Gasteiger partial charge in [0.1, 0.15) is 5.60 Å². The Balaban J connectivity index is 1.82. The van der Waals surface area contributed by atoms with Crippen LogP contribution in [0.2, 0.25) is 0 Å². The second-order valence-corrected chi connectivity index (χ2v) is 10.2. The van der Waals surface area contributed by atoms with Gasteiger partial charge in [0.2, 0.25) is 0 Å². The molecule has 4 fully saturated rings. The molecule has 0 spiro atoms. The van der Waals surface area contributed by atoms with Gasteiger partial charge in [0, 0.05) is 12.0 Å². The summed E-state index contributed by atoms with van der Waals surface area (Å²) in [7, 11) is -5.73. The fourth-order valence-electron chi connectivity index (χ4n) is 5.38. The summed E-state index contributed by atoms with van der Waals surface area (Å²) in [6.45, 7) is 5.81. The maximum Gasteiger partial charge on any atom is 0.405 e. The first-order chi connectivity index (χ1) is 12.7. The topological polar surface area (TPSA) is 107 Å². The third-order valence-electron chi connectivity index (χ3n) is 6.20. The van der Waals surface area contributed by atoms with Crippen LogP contribution in [0.3, 0.4) is 0 Å². The van der Waals surface area contributed by atoms with Gasteiger partial charge in [-0.15, -0.1) is 0 Å². The molecule has 3 unspecified atom stereocenters. The van der Waals surface area contributed by atoms with Gasteiger partial charge in [-0.1, -0.05) is 6.58 Å². The molecule has 7 nitrogen and oxygen atoms in total.